The summed E-state index contributed by atoms with van der Waals surface area (Å²) in [5.74, 6) is 0.471. The maximum Gasteiger partial charge on any atom is 0.326 e. The maximum atomic E-state index is 10.9. The van der Waals surface area contributed by atoms with E-state index in [1.165, 1.54) is 0 Å². The molecule has 1 saturated heterocycles. The average Bonchev–Trinajstić information content (AvgIpc) is 2.73. The third-order valence-corrected chi connectivity index (χ3v) is 3.41. The summed E-state index contributed by atoms with van der Waals surface area (Å²) in [5.41, 5.74) is 0.938. The second kappa shape index (κ2) is 3.52. The first kappa shape index (κ1) is 9.72. The van der Waals surface area contributed by atoms with Gasteiger partial charge < -0.3 is 20.5 Å². The fourth-order valence-electron chi connectivity index (χ4n) is 2.58. The van der Waals surface area contributed by atoms with Crippen LogP contribution in [0.25, 0.3) is 0 Å². The molecule has 0 saturated carbocycles. The molecule has 5 heteroatoms. The Morgan fingerprint density at radius 3 is 3.25 bits per heavy atom. The fourth-order valence-corrected chi connectivity index (χ4v) is 2.58. The Hall–Kier alpha value is -1.49. The van der Waals surface area contributed by atoms with E-state index in [0.717, 1.165) is 24.4 Å². The Balaban J connectivity index is 1.91. The number of hydrogen-bond acceptors (Lipinski definition) is 4. The minimum atomic E-state index is -0.799. The van der Waals surface area contributed by atoms with Gasteiger partial charge in [0.1, 0.15) is 11.8 Å². The lowest BCUT2D eigenvalue weighted by Crippen LogP contribution is -2.41. The molecule has 0 spiro atoms. The van der Waals surface area contributed by atoms with Gasteiger partial charge in [0, 0.05) is 12.5 Å². The smallest absolute Gasteiger partial charge is 0.326 e. The van der Waals surface area contributed by atoms with Gasteiger partial charge in [-0.05, 0) is 18.9 Å². The normalized spacial score (nSPS) is 36.1. The Kier molecular flexibility index (Phi) is 2.14. The summed E-state index contributed by atoms with van der Waals surface area (Å²) in [6, 6.07) is -0.382. The molecule has 3 aliphatic heterocycles. The van der Waals surface area contributed by atoms with Gasteiger partial charge in [-0.3, -0.25) is 0 Å². The van der Waals surface area contributed by atoms with Crippen LogP contribution >= 0.6 is 0 Å². The van der Waals surface area contributed by atoms with E-state index in [-0.39, 0.29) is 6.04 Å². The van der Waals surface area contributed by atoms with Gasteiger partial charge in [0.25, 0.3) is 0 Å². The number of fused-ring (bicyclic) bond motifs is 2. The Labute approximate surface area is 93.2 Å². The van der Waals surface area contributed by atoms with Crippen LogP contribution in [0.2, 0.25) is 0 Å². The molecule has 3 heterocycles. The van der Waals surface area contributed by atoms with Crippen LogP contribution in [0.5, 0.6) is 0 Å². The third-order valence-electron chi connectivity index (χ3n) is 3.41. The molecule has 0 bridgehead atoms. The lowest BCUT2D eigenvalue weighted by Gasteiger charge is -2.31. The Bertz CT molecular complexity index is 389. The van der Waals surface area contributed by atoms with Crippen LogP contribution in [0.1, 0.15) is 12.8 Å². The number of carboxylic acid groups (broad SMARTS) is 1. The second-order valence-electron chi connectivity index (χ2n) is 4.43. The van der Waals surface area contributed by atoms with E-state index < -0.39 is 12.0 Å². The quantitative estimate of drug-likeness (QED) is 0.590. The Morgan fingerprint density at radius 1 is 1.56 bits per heavy atom. The van der Waals surface area contributed by atoms with Crippen molar-refractivity contribution >= 4 is 5.97 Å². The number of carboxylic acids is 1. The largest absolute Gasteiger partial charge is 0.480 e. The van der Waals surface area contributed by atoms with Crippen LogP contribution < -0.4 is 10.6 Å². The van der Waals surface area contributed by atoms with Crippen LogP contribution in [0.15, 0.2) is 23.8 Å². The topological polar surface area (TPSA) is 70.6 Å². The van der Waals surface area contributed by atoms with Crippen molar-refractivity contribution in [2.75, 3.05) is 6.54 Å². The molecule has 0 aromatic rings. The van der Waals surface area contributed by atoms with Crippen molar-refractivity contribution in [3.63, 3.8) is 0 Å². The van der Waals surface area contributed by atoms with Crippen LogP contribution in [0.4, 0.5) is 0 Å². The van der Waals surface area contributed by atoms with Crippen molar-refractivity contribution in [3.05, 3.63) is 23.8 Å². The van der Waals surface area contributed by atoms with Crippen molar-refractivity contribution in [3.8, 4) is 0 Å². The van der Waals surface area contributed by atoms with E-state index in [9.17, 15) is 4.79 Å². The zero-order chi connectivity index (χ0) is 11.1. The number of carbonyl (C=O) groups is 1. The summed E-state index contributed by atoms with van der Waals surface area (Å²) in [5, 5.41) is 15.4. The standard InChI is InChI=1S/C11H14N2O3/c14-11(15)8-4-7-9(13-8)10-6(5-12-7)2-1-3-16-10/h1,3,6-8,12-13H,2,4-5H2,(H,14,15). The van der Waals surface area contributed by atoms with Gasteiger partial charge in [-0.25, -0.2) is 4.79 Å². The van der Waals surface area contributed by atoms with Gasteiger partial charge in [0.2, 0.25) is 0 Å². The van der Waals surface area contributed by atoms with E-state index in [0.29, 0.717) is 12.3 Å². The van der Waals surface area contributed by atoms with Crippen molar-refractivity contribution in [2.24, 2.45) is 5.92 Å². The summed E-state index contributed by atoms with van der Waals surface area (Å²) in [7, 11) is 0. The zero-order valence-electron chi connectivity index (χ0n) is 8.77. The van der Waals surface area contributed by atoms with Gasteiger partial charge in [-0.15, -0.1) is 0 Å². The predicted octanol–water partition coefficient (Wildman–Crippen LogP) is 0.166. The van der Waals surface area contributed by atoms with Gasteiger partial charge in [-0.2, -0.15) is 0 Å². The average molecular weight is 222 g/mol. The molecule has 0 amide bonds. The molecule has 5 nitrogen and oxygen atoms in total. The molecule has 0 aliphatic carbocycles. The lowest BCUT2D eigenvalue weighted by molar-refractivity contribution is -0.139. The molecule has 3 N–H and O–H groups in total. The molecule has 3 unspecified atom stereocenters. The van der Waals surface area contributed by atoms with Crippen molar-refractivity contribution in [1.29, 1.82) is 0 Å². The maximum absolute atomic E-state index is 10.9. The molecule has 0 aromatic heterocycles. The summed E-state index contributed by atoms with van der Waals surface area (Å²) >= 11 is 0. The summed E-state index contributed by atoms with van der Waals surface area (Å²) in [6.45, 7) is 0.863. The lowest BCUT2D eigenvalue weighted by atomic mass is 9.93. The summed E-state index contributed by atoms with van der Waals surface area (Å²) in [6.07, 6.45) is 5.24. The fraction of sp³-hybridized carbons (Fsp3) is 0.545. The highest BCUT2D eigenvalue weighted by molar-refractivity contribution is 5.75. The number of ether oxygens (including phenoxy) is 1. The highest BCUT2D eigenvalue weighted by Crippen LogP contribution is 2.33. The highest BCUT2D eigenvalue weighted by Gasteiger charge is 2.40. The highest BCUT2D eigenvalue weighted by atomic mass is 16.5. The van der Waals surface area contributed by atoms with E-state index >= 15 is 0 Å². The van der Waals surface area contributed by atoms with Crippen molar-refractivity contribution in [1.82, 2.24) is 10.6 Å². The van der Waals surface area contributed by atoms with Crippen LogP contribution in [-0.4, -0.2) is 29.7 Å². The first-order chi connectivity index (χ1) is 7.75. The second-order valence-corrected chi connectivity index (χ2v) is 4.43. The van der Waals surface area contributed by atoms with Crippen LogP contribution in [-0.2, 0) is 9.53 Å². The molecule has 3 atom stereocenters. The monoisotopic (exact) mass is 222 g/mol. The zero-order valence-corrected chi connectivity index (χ0v) is 8.77. The number of nitrogens with one attached hydrogen (secondary N) is 2. The molecular formula is C11H14N2O3. The minimum Gasteiger partial charge on any atom is -0.480 e. The molecule has 1 fully saturated rings. The molecule has 0 aromatic carbocycles. The number of aliphatic carboxylic acids is 1. The van der Waals surface area contributed by atoms with E-state index in [4.69, 9.17) is 9.84 Å². The van der Waals surface area contributed by atoms with Crippen molar-refractivity contribution < 1.29 is 14.6 Å². The number of hydrogen-bond donors (Lipinski definition) is 3. The predicted molar refractivity (Wildman–Crippen MR) is 56.3 cm³/mol. The van der Waals surface area contributed by atoms with E-state index in [2.05, 4.69) is 10.6 Å². The summed E-state index contributed by atoms with van der Waals surface area (Å²) in [4.78, 5) is 10.9. The molecule has 3 rings (SSSR count). The molecule has 0 radical (unpaired) electrons. The van der Waals surface area contributed by atoms with Crippen molar-refractivity contribution in [2.45, 2.75) is 24.9 Å². The first-order valence-electron chi connectivity index (χ1n) is 5.54. The Morgan fingerprint density at radius 2 is 2.44 bits per heavy atom. The van der Waals surface area contributed by atoms with Crippen LogP contribution in [0, 0.1) is 5.92 Å². The molecule has 16 heavy (non-hydrogen) atoms. The van der Waals surface area contributed by atoms with Gasteiger partial charge >= 0.3 is 5.97 Å². The molecule has 86 valence electrons. The third kappa shape index (κ3) is 1.39. The summed E-state index contributed by atoms with van der Waals surface area (Å²) < 4.78 is 5.53. The van der Waals surface area contributed by atoms with E-state index in [1.807, 2.05) is 6.08 Å². The number of rotatable bonds is 1. The van der Waals surface area contributed by atoms with Gasteiger partial charge in [0.05, 0.1) is 18.0 Å². The van der Waals surface area contributed by atoms with Gasteiger partial charge in [0.15, 0.2) is 0 Å². The minimum absolute atomic E-state index is 0.110. The van der Waals surface area contributed by atoms with E-state index in [1.54, 1.807) is 6.26 Å². The first-order valence-corrected chi connectivity index (χ1v) is 5.54. The molecular weight excluding hydrogens is 208 g/mol. The van der Waals surface area contributed by atoms with Crippen LogP contribution in [0.3, 0.4) is 0 Å². The SMILES string of the molecule is O=C(O)C1CC2NCC3CC=COC3=C2N1. The van der Waals surface area contributed by atoms with Gasteiger partial charge in [-0.1, -0.05) is 0 Å². The number of allylic oxidation sites excluding steroid dienone is 1. The molecule has 3 aliphatic rings.